The van der Waals surface area contributed by atoms with Crippen molar-refractivity contribution in [2.75, 3.05) is 13.7 Å². The second-order valence-electron chi connectivity index (χ2n) is 5.78. The van der Waals surface area contributed by atoms with Crippen LogP contribution in [-0.4, -0.2) is 47.9 Å². The van der Waals surface area contributed by atoms with E-state index in [0.29, 0.717) is 38.3 Å². The molecule has 2 rings (SSSR count). The lowest BCUT2D eigenvalue weighted by molar-refractivity contribution is -0.148. The highest BCUT2D eigenvalue weighted by atomic mass is 16.5. The number of nitrogens with one attached hydrogen (secondary N) is 1. The standard InChI is InChI=1S/C14H22N2O4/c1-14(13(19)20-2,15-10-4-5-10)8-3-9-16-11(17)6-7-12(16)18/h10,15H,3-9H2,1-2H3. The Morgan fingerprint density at radius 1 is 1.35 bits per heavy atom. The summed E-state index contributed by atoms with van der Waals surface area (Å²) in [4.78, 5) is 36.3. The minimum Gasteiger partial charge on any atom is -0.468 e. The zero-order valence-corrected chi connectivity index (χ0v) is 12.1. The number of ether oxygens (including phenoxy) is 1. The number of amides is 2. The second-order valence-corrected chi connectivity index (χ2v) is 5.78. The average Bonchev–Trinajstić information content (AvgIpc) is 3.17. The molecule has 1 heterocycles. The number of carbonyl (C=O) groups is 3. The van der Waals surface area contributed by atoms with Gasteiger partial charge in [-0.1, -0.05) is 0 Å². The molecule has 20 heavy (non-hydrogen) atoms. The van der Waals surface area contributed by atoms with Crippen LogP contribution in [0, 0.1) is 0 Å². The minimum atomic E-state index is -0.734. The van der Waals surface area contributed by atoms with Crippen molar-refractivity contribution < 1.29 is 19.1 Å². The summed E-state index contributed by atoms with van der Waals surface area (Å²) in [6, 6.07) is 0.383. The molecule has 0 bridgehead atoms. The van der Waals surface area contributed by atoms with Crippen molar-refractivity contribution in [2.24, 2.45) is 0 Å². The summed E-state index contributed by atoms with van der Waals surface area (Å²) in [6.07, 6.45) is 3.93. The first-order valence-corrected chi connectivity index (χ1v) is 7.15. The normalized spacial score (nSPS) is 22.0. The van der Waals surface area contributed by atoms with Gasteiger partial charge in [-0.05, 0) is 32.6 Å². The molecule has 0 spiro atoms. The largest absolute Gasteiger partial charge is 0.468 e. The van der Waals surface area contributed by atoms with E-state index in [1.54, 1.807) is 0 Å². The SMILES string of the molecule is COC(=O)C(C)(CCCN1C(=O)CCC1=O)NC1CC1. The summed E-state index contributed by atoms with van der Waals surface area (Å²) in [7, 11) is 1.38. The van der Waals surface area contributed by atoms with Gasteiger partial charge < -0.3 is 4.74 Å². The van der Waals surface area contributed by atoms with Crippen molar-refractivity contribution in [3.05, 3.63) is 0 Å². The predicted octanol–water partition coefficient (Wildman–Crippen LogP) is 0.599. The molecule has 1 unspecified atom stereocenters. The molecule has 6 nitrogen and oxygen atoms in total. The van der Waals surface area contributed by atoms with Gasteiger partial charge in [0.15, 0.2) is 0 Å². The molecule has 1 aliphatic heterocycles. The Balaban J connectivity index is 1.86. The highest BCUT2D eigenvalue weighted by Crippen LogP contribution is 2.26. The molecule has 112 valence electrons. The molecule has 1 saturated heterocycles. The van der Waals surface area contributed by atoms with Crippen molar-refractivity contribution in [1.82, 2.24) is 10.2 Å². The number of carbonyl (C=O) groups excluding carboxylic acids is 3. The van der Waals surface area contributed by atoms with Crippen LogP contribution in [0.1, 0.15) is 45.4 Å². The number of imide groups is 1. The van der Waals surface area contributed by atoms with Gasteiger partial charge in [0.1, 0.15) is 5.54 Å². The molecular weight excluding hydrogens is 260 g/mol. The first-order valence-electron chi connectivity index (χ1n) is 7.15. The Morgan fingerprint density at radius 2 is 1.95 bits per heavy atom. The van der Waals surface area contributed by atoms with E-state index in [1.807, 2.05) is 6.92 Å². The van der Waals surface area contributed by atoms with Crippen molar-refractivity contribution >= 4 is 17.8 Å². The Labute approximate surface area is 118 Å². The summed E-state index contributed by atoms with van der Waals surface area (Å²) in [5.74, 6) is -0.502. The summed E-state index contributed by atoms with van der Waals surface area (Å²) in [5.41, 5.74) is -0.734. The number of methoxy groups -OCH3 is 1. The summed E-state index contributed by atoms with van der Waals surface area (Å²) in [5, 5.41) is 3.30. The number of nitrogens with zero attached hydrogens (tertiary/aromatic N) is 1. The van der Waals surface area contributed by atoms with E-state index in [9.17, 15) is 14.4 Å². The second kappa shape index (κ2) is 5.91. The topological polar surface area (TPSA) is 75.7 Å². The van der Waals surface area contributed by atoms with Gasteiger partial charge in [0, 0.05) is 25.4 Å². The fraction of sp³-hybridized carbons (Fsp3) is 0.786. The van der Waals surface area contributed by atoms with E-state index in [4.69, 9.17) is 4.74 Å². The Kier molecular flexibility index (Phi) is 4.42. The van der Waals surface area contributed by atoms with Crippen LogP contribution in [0.15, 0.2) is 0 Å². The van der Waals surface area contributed by atoms with Gasteiger partial charge in [-0.2, -0.15) is 0 Å². The highest BCUT2D eigenvalue weighted by Gasteiger charge is 2.39. The van der Waals surface area contributed by atoms with Crippen LogP contribution in [0.5, 0.6) is 0 Å². The lowest BCUT2D eigenvalue weighted by atomic mass is 9.95. The van der Waals surface area contributed by atoms with Crippen LogP contribution in [0.25, 0.3) is 0 Å². The molecule has 1 saturated carbocycles. The van der Waals surface area contributed by atoms with Gasteiger partial charge in [-0.25, -0.2) is 0 Å². The Hall–Kier alpha value is -1.43. The molecule has 2 aliphatic rings. The predicted molar refractivity (Wildman–Crippen MR) is 71.8 cm³/mol. The first-order chi connectivity index (χ1) is 9.46. The molecule has 2 amide bonds. The third-order valence-electron chi connectivity index (χ3n) is 3.95. The maximum Gasteiger partial charge on any atom is 0.325 e. The molecule has 0 radical (unpaired) electrons. The third kappa shape index (κ3) is 3.36. The zero-order valence-electron chi connectivity index (χ0n) is 12.1. The fourth-order valence-electron chi connectivity index (χ4n) is 2.60. The van der Waals surface area contributed by atoms with Crippen LogP contribution in [-0.2, 0) is 19.1 Å². The molecule has 1 N–H and O–H groups in total. The lowest BCUT2D eigenvalue weighted by Crippen LogP contribution is -2.51. The maximum atomic E-state index is 11.9. The quantitative estimate of drug-likeness (QED) is 0.546. The number of esters is 1. The van der Waals surface area contributed by atoms with E-state index < -0.39 is 5.54 Å². The minimum absolute atomic E-state index is 0.107. The Morgan fingerprint density at radius 3 is 2.45 bits per heavy atom. The Bertz CT molecular complexity index is 403. The maximum absolute atomic E-state index is 11.9. The molecular formula is C14H22N2O4. The third-order valence-corrected chi connectivity index (χ3v) is 3.95. The van der Waals surface area contributed by atoms with Gasteiger partial charge in [0.05, 0.1) is 7.11 Å². The van der Waals surface area contributed by atoms with Crippen molar-refractivity contribution in [2.45, 2.75) is 57.0 Å². The number of hydrogen-bond donors (Lipinski definition) is 1. The first kappa shape index (κ1) is 15.0. The summed E-state index contributed by atoms with van der Waals surface area (Å²) in [6.45, 7) is 2.21. The van der Waals surface area contributed by atoms with E-state index in [-0.39, 0.29) is 17.8 Å². The van der Waals surface area contributed by atoms with E-state index in [1.165, 1.54) is 12.0 Å². The van der Waals surface area contributed by atoms with Crippen molar-refractivity contribution in [3.8, 4) is 0 Å². The summed E-state index contributed by atoms with van der Waals surface area (Å²) >= 11 is 0. The van der Waals surface area contributed by atoms with Crippen molar-refractivity contribution in [1.29, 1.82) is 0 Å². The number of hydrogen-bond acceptors (Lipinski definition) is 5. The molecule has 6 heteroatoms. The van der Waals surface area contributed by atoms with Crippen LogP contribution in [0.4, 0.5) is 0 Å². The average molecular weight is 282 g/mol. The van der Waals surface area contributed by atoms with E-state index >= 15 is 0 Å². The molecule has 1 aliphatic carbocycles. The smallest absolute Gasteiger partial charge is 0.325 e. The lowest BCUT2D eigenvalue weighted by Gasteiger charge is -2.28. The van der Waals surface area contributed by atoms with Gasteiger partial charge in [-0.3, -0.25) is 24.6 Å². The summed E-state index contributed by atoms with van der Waals surface area (Å²) < 4.78 is 4.86. The monoisotopic (exact) mass is 282 g/mol. The fourth-order valence-corrected chi connectivity index (χ4v) is 2.60. The van der Waals surface area contributed by atoms with Crippen LogP contribution >= 0.6 is 0 Å². The van der Waals surface area contributed by atoms with E-state index in [0.717, 1.165) is 12.8 Å². The van der Waals surface area contributed by atoms with Crippen LogP contribution in [0.3, 0.4) is 0 Å². The van der Waals surface area contributed by atoms with E-state index in [2.05, 4.69) is 5.32 Å². The van der Waals surface area contributed by atoms with Crippen LogP contribution < -0.4 is 5.32 Å². The number of likely N-dealkylation sites (tertiary alicyclic amines) is 1. The zero-order chi connectivity index (χ0) is 14.8. The van der Waals surface area contributed by atoms with Crippen molar-refractivity contribution in [3.63, 3.8) is 0 Å². The van der Waals surface area contributed by atoms with Gasteiger partial charge in [-0.15, -0.1) is 0 Å². The molecule has 0 aromatic rings. The van der Waals surface area contributed by atoms with Crippen LogP contribution in [0.2, 0.25) is 0 Å². The van der Waals surface area contributed by atoms with Gasteiger partial charge in [0.2, 0.25) is 11.8 Å². The molecule has 1 atom stereocenters. The molecule has 2 fully saturated rings. The number of rotatable bonds is 7. The molecule has 0 aromatic heterocycles. The molecule has 0 aromatic carbocycles. The van der Waals surface area contributed by atoms with Gasteiger partial charge >= 0.3 is 5.97 Å². The van der Waals surface area contributed by atoms with Gasteiger partial charge in [0.25, 0.3) is 0 Å². The highest BCUT2D eigenvalue weighted by molar-refractivity contribution is 6.01.